The lowest BCUT2D eigenvalue weighted by molar-refractivity contribution is 0.0594. The molecule has 1 saturated heterocycles. The number of esters is 1. The quantitative estimate of drug-likeness (QED) is 0.728. The number of carbonyl (C=O) groups excluding carboxylic acids is 2. The van der Waals surface area contributed by atoms with Crippen LogP contribution in [0, 0.1) is 0 Å². The zero-order valence-corrected chi connectivity index (χ0v) is 17.1. The average Bonchev–Trinajstić information content (AvgIpc) is 3.57. The van der Waals surface area contributed by atoms with Gasteiger partial charge in [0.15, 0.2) is 11.5 Å². The van der Waals surface area contributed by atoms with Crippen molar-refractivity contribution in [2.75, 3.05) is 37.1 Å². The molecule has 0 unspecified atom stereocenters. The van der Waals surface area contributed by atoms with Crippen molar-refractivity contribution < 1.29 is 19.1 Å². The van der Waals surface area contributed by atoms with Gasteiger partial charge >= 0.3 is 12.0 Å². The Balaban J connectivity index is 1.59. The van der Waals surface area contributed by atoms with Gasteiger partial charge in [0, 0.05) is 29.9 Å². The smallest absolute Gasteiger partial charge is 0.356 e. The third-order valence-electron chi connectivity index (χ3n) is 5.08. The fourth-order valence-corrected chi connectivity index (χ4v) is 3.27. The second-order valence-corrected chi connectivity index (χ2v) is 7.49. The molecular weight excluding hydrogens is 386 g/mol. The number of hydrogen-bond donors (Lipinski definition) is 2. The maximum Gasteiger partial charge on any atom is 0.356 e. The molecule has 1 aliphatic heterocycles. The highest BCUT2D eigenvalue weighted by Crippen LogP contribution is 2.25. The van der Waals surface area contributed by atoms with E-state index in [2.05, 4.69) is 25.5 Å². The van der Waals surface area contributed by atoms with Crippen LogP contribution < -0.4 is 15.5 Å². The molecule has 1 aromatic carbocycles. The third kappa shape index (κ3) is 4.68. The number of hydrogen-bond acceptors (Lipinski definition) is 7. The van der Waals surface area contributed by atoms with Crippen LogP contribution in [0.25, 0.3) is 11.4 Å². The molecule has 1 aromatic heterocycles. The molecule has 2 N–H and O–H groups in total. The second-order valence-electron chi connectivity index (χ2n) is 7.49. The van der Waals surface area contributed by atoms with E-state index in [4.69, 9.17) is 9.47 Å². The predicted molar refractivity (Wildman–Crippen MR) is 112 cm³/mol. The molecule has 1 aliphatic carbocycles. The van der Waals surface area contributed by atoms with Crippen LogP contribution in [-0.4, -0.2) is 60.9 Å². The Morgan fingerprint density at radius 3 is 2.63 bits per heavy atom. The fraction of sp³-hybridized carbons (Fsp3) is 0.429. The molecule has 2 amide bonds. The van der Waals surface area contributed by atoms with Crippen LogP contribution in [0.1, 0.15) is 30.3 Å². The topological polar surface area (TPSA) is 106 Å². The summed E-state index contributed by atoms with van der Waals surface area (Å²) in [5.41, 5.74) is 1.60. The van der Waals surface area contributed by atoms with E-state index in [0.29, 0.717) is 43.1 Å². The summed E-state index contributed by atoms with van der Waals surface area (Å²) in [6.45, 7) is 3.92. The number of benzene rings is 1. The zero-order valence-electron chi connectivity index (χ0n) is 17.1. The highest BCUT2D eigenvalue weighted by molar-refractivity contribution is 5.90. The molecule has 9 nitrogen and oxygen atoms in total. The summed E-state index contributed by atoms with van der Waals surface area (Å²) in [4.78, 5) is 35.2. The van der Waals surface area contributed by atoms with Gasteiger partial charge < -0.3 is 25.0 Å². The Bertz CT molecular complexity index is 929. The number of morpholine rings is 1. The van der Waals surface area contributed by atoms with Crippen molar-refractivity contribution in [3.8, 4) is 11.4 Å². The van der Waals surface area contributed by atoms with Crippen LogP contribution >= 0.6 is 0 Å². The van der Waals surface area contributed by atoms with Crippen molar-refractivity contribution in [1.82, 2.24) is 15.3 Å². The minimum atomic E-state index is -0.518. The Kier molecular flexibility index (Phi) is 5.80. The normalized spacial score (nSPS) is 18.6. The van der Waals surface area contributed by atoms with E-state index in [9.17, 15) is 9.59 Å². The fourth-order valence-electron chi connectivity index (χ4n) is 3.27. The van der Waals surface area contributed by atoms with E-state index in [1.54, 1.807) is 18.2 Å². The molecule has 30 heavy (non-hydrogen) atoms. The van der Waals surface area contributed by atoms with Gasteiger partial charge in [0.25, 0.3) is 0 Å². The maximum atomic E-state index is 12.2. The van der Waals surface area contributed by atoms with E-state index in [1.807, 2.05) is 19.1 Å². The molecule has 0 bridgehead atoms. The van der Waals surface area contributed by atoms with Gasteiger partial charge in [-0.3, -0.25) is 0 Å². The standard InChI is InChI=1S/C21H25N5O4/c1-13-12-30-10-9-26(13)18-11-17(20(27)29-2)24-19(25-18)14-3-5-15(6-4-14)22-21(28)23-16-7-8-16/h3-6,11,13,16H,7-10,12H2,1-2H3,(H2,22,23,28)/t13-/m0/s1. The van der Waals surface area contributed by atoms with Crippen LogP contribution in [0.5, 0.6) is 0 Å². The van der Waals surface area contributed by atoms with Gasteiger partial charge in [-0.05, 0) is 44.0 Å². The Morgan fingerprint density at radius 1 is 1.20 bits per heavy atom. The Morgan fingerprint density at radius 2 is 1.97 bits per heavy atom. The summed E-state index contributed by atoms with van der Waals surface area (Å²) >= 11 is 0. The molecule has 0 spiro atoms. The molecule has 2 aromatic rings. The van der Waals surface area contributed by atoms with Crippen LogP contribution in [0.2, 0.25) is 0 Å². The van der Waals surface area contributed by atoms with Crippen molar-refractivity contribution in [2.45, 2.75) is 31.8 Å². The summed E-state index contributed by atoms with van der Waals surface area (Å²) in [7, 11) is 1.33. The number of ether oxygens (including phenoxy) is 2. The maximum absolute atomic E-state index is 12.2. The minimum absolute atomic E-state index is 0.128. The third-order valence-corrected chi connectivity index (χ3v) is 5.08. The van der Waals surface area contributed by atoms with Crippen LogP contribution in [0.15, 0.2) is 30.3 Å². The molecular formula is C21H25N5O4. The average molecular weight is 411 g/mol. The minimum Gasteiger partial charge on any atom is -0.464 e. The highest BCUT2D eigenvalue weighted by Gasteiger charge is 2.24. The van der Waals surface area contributed by atoms with Gasteiger partial charge in [-0.1, -0.05) is 0 Å². The van der Waals surface area contributed by atoms with Crippen LogP contribution in [0.3, 0.4) is 0 Å². The number of carbonyl (C=O) groups is 2. The number of amides is 2. The first-order valence-electron chi connectivity index (χ1n) is 10.0. The number of anilines is 2. The largest absolute Gasteiger partial charge is 0.464 e. The van der Waals surface area contributed by atoms with Crippen molar-refractivity contribution in [1.29, 1.82) is 0 Å². The van der Waals surface area contributed by atoms with Crippen molar-refractivity contribution in [3.05, 3.63) is 36.0 Å². The summed E-state index contributed by atoms with van der Waals surface area (Å²) < 4.78 is 10.4. The first kappa shape index (κ1) is 20.1. The molecule has 2 aliphatic rings. The van der Waals surface area contributed by atoms with E-state index < -0.39 is 5.97 Å². The van der Waals surface area contributed by atoms with Crippen molar-refractivity contribution >= 4 is 23.5 Å². The van der Waals surface area contributed by atoms with E-state index in [0.717, 1.165) is 18.4 Å². The van der Waals surface area contributed by atoms with Crippen LogP contribution in [-0.2, 0) is 9.47 Å². The molecule has 9 heteroatoms. The lowest BCUT2D eigenvalue weighted by atomic mass is 10.2. The van der Waals surface area contributed by atoms with Gasteiger partial charge in [0.1, 0.15) is 5.82 Å². The first-order chi connectivity index (χ1) is 14.5. The number of urea groups is 1. The number of nitrogens with zero attached hydrogens (tertiary/aromatic N) is 3. The molecule has 0 radical (unpaired) electrons. The zero-order chi connectivity index (χ0) is 21.1. The van der Waals surface area contributed by atoms with E-state index in [-0.39, 0.29) is 17.8 Å². The summed E-state index contributed by atoms with van der Waals surface area (Å²) in [6, 6.07) is 9.06. The van der Waals surface area contributed by atoms with Crippen LogP contribution in [0.4, 0.5) is 16.3 Å². The summed E-state index contributed by atoms with van der Waals surface area (Å²) in [5.74, 6) is 0.554. The van der Waals surface area contributed by atoms with Gasteiger partial charge in [-0.25, -0.2) is 19.6 Å². The van der Waals surface area contributed by atoms with Gasteiger partial charge in [-0.15, -0.1) is 0 Å². The predicted octanol–water partition coefficient (Wildman–Crippen LogP) is 2.44. The van der Waals surface area contributed by atoms with Crippen molar-refractivity contribution in [3.63, 3.8) is 0 Å². The van der Waals surface area contributed by atoms with E-state index in [1.165, 1.54) is 7.11 Å². The molecule has 1 atom stereocenters. The number of nitrogens with one attached hydrogen (secondary N) is 2. The summed E-state index contributed by atoms with van der Waals surface area (Å²) in [5, 5.41) is 5.69. The molecule has 2 fully saturated rings. The Labute approximate surface area is 174 Å². The lowest BCUT2D eigenvalue weighted by Gasteiger charge is -2.34. The molecule has 2 heterocycles. The number of aromatic nitrogens is 2. The molecule has 158 valence electrons. The number of methoxy groups -OCH3 is 1. The SMILES string of the molecule is COC(=O)c1cc(N2CCOC[C@@H]2C)nc(-c2ccc(NC(=O)NC3CC3)cc2)n1. The van der Waals surface area contributed by atoms with Gasteiger partial charge in [0.05, 0.1) is 26.4 Å². The van der Waals surface area contributed by atoms with Gasteiger partial charge in [-0.2, -0.15) is 0 Å². The lowest BCUT2D eigenvalue weighted by Crippen LogP contribution is -2.44. The van der Waals surface area contributed by atoms with Crippen molar-refractivity contribution in [2.24, 2.45) is 0 Å². The Hall–Kier alpha value is -3.20. The monoisotopic (exact) mass is 411 g/mol. The highest BCUT2D eigenvalue weighted by atomic mass is 16.5. The first-order valence-corrected chi connectivity index (χ1v) is 10.0. The molecule has 4 rings (SSSR count). The summed E-state index contributed by atoms with van der Waals surface area (Å²) in [6.07, 6.45) is 2.06. The van der Waals surface area contributed by atoms with Gasteiger partial charge in [0.2, 0.25) is 0 Å². The second kappa shape index (κ2) is 8.66. The molecule has 1 saturated carbocycles. The number of rotatable bonds is 5. The van der Waals surface area contributed by atoms with E-state index >= 15 is 0 Å².